The monoisotopic (exact) mass is 258 g/mol. The molecule has 1 saturated heterocycles. The van der Waals surface area contributed by atoms with Gasteiger partial charge in [0.2, 0.25) is 0 Å². The number of nitrogens with one attached hydrogen (secondary N) is 1. The third kappa shape index (κ3) is 3.18. The molecule has 0 spiro atoms. The average molecular weight is 258 g/mol. The van der Waals surface area contributed by atoms with Crippen molar-refractivity contribution in [2.24, 2.45) is 5.92 Å². The predicted octanol–water partition coefficient (Wildman–Crippen LogP) is 2.96. The van der Waals surface area contributed by atoms with E-state index in [2.05, 4.69) is 48.3 Å². The summed E-state index contributed by atoms with van der Waals surface area (Å²) < 4.78 is 0. The maximum absolute atomic E-state index is 3.77. The number of nitrogens with zero attached hydrogens (tertiary/aromatic N) is 1. The molecule has 2 atom stereocenters. The average Bonchev–Trinajstić information content (AvgIpc) is 3.23. The fraction of sp³-hybridized carbons (Fsp3) is 0.647. The van der Waals surface area contributed by atoms with E-state index in [9.17, 15) is 0 Å². The molecule has 0 radical (unpaired) electrons. The Kier molecular flexibility index (Phi) is 3.90. The lowest BCUT2D eigenvalue weighted by Crippen LogP contribution is -2.56. The van der Waals surface area contributed by atoms with Crippen LogP contribution in [0.4, 0.5) is 0 Å². The molecule has 2 unspecified atom stereocenters. The molecule has 2 aliphatic rings. The molecule has 0 aromatic heterocycles. The fourth-order valence-corrected chi connectivity index (χ4v) is 3.34. The van der Waals surface area contributed by atoms with Crippen LogP contribution >= 0.6 is 0 Å². The van der Waals surface area contributed by atoms with Crippen molar-refractivity contribution in [3.05, 3.63) is 35.4 Å². The van der Waals surface area contributed by atoms with E-state index in [0.29, 0.717) is 6.04 Å². The summed E-state index contributed by atoms with van der Waals surface area (Å²) in [4.78, 5) is 2.70. The van der Waals surface area contributed by atoms with E-state index in [4.69, 9.17) is 0 Å². The molecule has 1 heterocycles. The Labute approximate surface area is 117 Å². The minimum Gasteiger partial charge on any atom is -0.311 e. The second-order valence-electron chi connectivity index (χ2n) is 6.33. The molecule has 0 bridgehead atoms. The highest BCUT2D eigenvalue weighted by molar-refractivity contribution is 5.22. The number of rotatable bonds is 4. The zero-order valence-corrected chi connectivity index (χ0v) is 12.2. The Morgan fingerprint density at radius 1 is 1.32 bits per heavy atom. The summed E-state index contributed by atoms with van der Waals surface area (Å²) in [6.45, 7) is 8.02. The van der Waals surface area contributed by atoms with Crippen LogP contribution in [0.2, 0.25) is 0 Å². The van der Waals surface area contributed by atoms with E-state index >= 15 is 0 Å². The van der Waals surface area contributed by atoms with Gasteiger partial charge in [-0.3, -0.25) is 4.90 Å². The molecule has 1 aliphatic heterocycles. The SMILES string of the molecule is CCC1CNC(C2CC2)CN1Cc1cccc(C)c1. The molecular formula is C17H26N2. The van der Waals surface area contributed by atoms with Crippen LogP contribution in [0.15, 0.2) is 24.3 Å². The molecule has 1 aromatic carbocycles. The summed E-state index contributed by atoms with van der Waals surface area (Å²) in [5.41, 5.74) is 2.84. The summed E-state index contributed by atoms with van der Waals surface area (Å²) in [7, 11) is 0. The van der Waals surface area contributed by atoms with Gasteiger partial charge in [-0.25, -0.2) is 0 Å². The van der Waals surface area contributed by atoms with Gasteiger partial charge in [0.15, 0.2) is 0 Å². The lowest BCUT2D eigenvalue weighted by Gasteiger charge is -2.40. The Balaban J connectivity index is 1.68. The molecule has 2 fully saturated rings. The molecule has 104 valence electrons. The molecule has 2 heteroatoms. The van der Waals surface area contributed by atoms with E-state index in [1.807, 2.05) is 0 Å². The van der Waals surface area contributed by atoms with Gasteiger partial charge in [-0.15, -0.1) is 0 Å². The summed E-state index contributed by atoms with van der Waals surface area (Å²) in [6, 6.07) is 10.4. The van der Waals surface area contributed by atoms with Gasteiger partial charge in [0.1, 0.15) is 0 Å². The molecule has 1 N–H and O–H groups in total. The van der Waals surface area contributed by atoms with Gasteiger partial charge in [0.25, 0.3) is 0 Å². The topological polar surface area (TPSA) is 15.3 Å². The fourth-order valence-electron chi connectivity index (χ4n) is 3.34. The largest absolute Gasteiger partial charge is 0.311 e. The second-order valence-corrected chi connectivity index (χ2v) is 6.33. The maximum Gasteiger partial charge on any atom is 0.0237 e. The third-order valence-electron chi connectivity index (χ3n) is 4.69. The van der Waals surface area contributed by atoms with Gasteiger partial charge in [-0.1, -0.05) is 36.8 Å². The van der Waals surface area contributed by atoms with Crippen molar-refractivity contribution in [1.82, 2.24) is 10.2 Å². The highest BCUT2D eigenvalue weighted by Crippen LogP contribution is 2.34. The van der Waals surface area contributed by atoms with Crippen molar-refractivity contribution >= 4 is 0 Å². The van der Waals surface area contributed by atoms with Gasteiger partial charge < -0.3 is 5.32 Å². The summed E-state index contributed by atoms with van der Waals surface area (Å²) in [5, 5.41) is 3.77. The summed E-state index contributed by atoms with van der Waals surface area (Å²) >= 11 is 0. The Morgan fingerprint density at radius 3 is 2.84 bits per heavy atom. The molecule has 3 rings (SSSR count). The first-order valence-electron chi connectivity index (χ1n) is 7.79. The first kappa shape index (κ1) is 13.1. The van der Waals surface area contributed by atoms with Crippen LogP contribution in [0.25, 0.3) is 0 Å². The van der Waals surface area contributed by atoms with E-state index < -0.39 is 0 Å². The minimum absolute atomic E-state index is 0.704. The van der Waals surface area contributed by atoms with E-state index in [-0.39, 0.29) is 0 Å². The van der Waals surface area contributed by atoms with Gasteiger partial charge in [-0.05, 0) is 37.7 Å². The number of benzene rings is 1. The maximum atomic E-state index is 3.77. The Morgan fingerprint density at radius 2 is 2.16 bits per heavy atom. The zero-order valence-electron chi connectivity index (χ0n) is 12.2. The molecule has 1 saturated carbocycles. The highest BCUT2D eigenvalue weighted by Gasteiger charge is 2.36. The zero-order chi connectivity index (χ0) is 13.2. The quantitative estimate of drug-likeness (QED) is 0.893. The van der Waals surface area contributed by atoms with Crippen LogP contribution in [0.3, 0.4) is 0 Å². The van der Waals surface area contributed by atoms with Crippen LogP contribution in [0.1, 0.15) is 37.3 Å². The first-order chi connectivity index (χ1) is 9.26. The van der Waals surface area contributed by atoms with Crippen molar-refractivity contribution in [3.8, 4) is 0 Å². The van der Waals surface area contributed by atoms with Crippen LogP contribution in [-0.2, 0) is 6.54 Å². The van der Waals surface area contributed by atoms with Gasteiger partial charge >= 0.3 is 0 Å². The Hall–Kier alpha value is -0.860. The first-order valence-corrected chi connectivity index (χ1v) is 7.79. The van der Waals surface area contributed by atoms with Crippen molar-refractivity contribution in [3.63, 3.8) is 0 Å². The van der Waals surface area contributed by atoms with Gasteiger partial charge in [0.05, 0.1) is 0 Å². The van der Waals surface area contributed by atoms with E-state index in [1.165, 1.54) is 43.5 Å². The third-order valence-corrected chi connectivity index (χ3v) is 4.69. The standard InChI is InChI=1S/C17H26N2/c1-3-16-10-18-17(15-7-8-15)12-19(16)11-14-6-4-5-13(2)9-14/h4-6,9,15-18H,3,7-8,10-12H2,1-2H3. The van der Waals surface area contributed by atoms with Crippen LogP contribution < -0.4 is 5.32 Å². The van der Waals surface area contributed by atoms with Crippen LogP contribution in [0.5, 0.6) is 0 Å². The van der Waals surface area contributed by atoms with Gasteiger partial charge in [-0.2, -0.15) is 0 Å². The normalized spacial score (nSPS) is 28.5. The molecule has 2 nitrogen and oxygen atoms in total. The Bertz CT molecular complexity index is 425. The summed E-state index contributed by atoms with van der Waals surface area (Å²) in [6.07, 6.45) is 4.12. The van der Waals surface area contributed by atoms with Crippen molar-refractivity contribution in [2.45, 2.75) is 51.7 Å². The lowest BCUT2D eigenvalue weighted by atomic mass is 10.0. The second kappa shape index (κ2) is 5.64. The number of piperazine rings is 1. The van der Waals surface area contributed by atoms with Crippen LogP contribution in [0, 0.1) is 12.8 Å². The van der Waals surface area contributed by atoms with Crippen molar-refractivity contribution in [1.29, 1.82) is 0 Å². The molecule has 1 aliphatic carbocycles. The molecule has 0 amide bonds. The number of aryl methyl sites for hydroxylation is 1. The lowest BCUT2D eigenvalue weighted by molar-refractivity contribution is 0.112. The smallest absolute Gasteiger partial charge is 0.0237 e. The summed E-state index contributed by atoms with van der Waals surface area (Å²) in [5.74, 6) is 0.956. The molecule has 19 heavy (non-hydrogen) atoms. The van der Waals surface area contributed by atoms with Gasteiger partial charge in [0, 0.05) is 31.7 Å². The van der Waals surface area contributed by atoms with E-state index in [0.717, 1.165) is 18.5 Å². The predicted molar refractivity (Wildman–Crippen MR) is 80.2 cm³/mol. The molecular weight excluding hydrogens is 232 g/mol. The van der Waals surface area contributed by atoms with Crippen LogP contribution in [-0.4, -0.2) is 30.1 Å². The number of hydrogen-bond acceptors (Lipinski definition) is 2. The van der Waals surface area contributed by atoms with Crippen molar-refractivity contribution < 1.29 is 0 Å². The minimum atomic E-state index is 0.704. The highest BCUT2D eigenvalue weighted by atomic mass is 15.2. The van der Waals surface area contributed by atoms with Crippen molar-refractivity contribution in [2.75, 3.05) is 13.1 Å². The number of hydrogen-bond donors (Lipinski definition) is 1. The molecule has 1 aromatic rings. The van der Waals surface area contributed by atoms with E-state index in [1.54, 1.807) is 0 Å².